The predicted molar refractivity (Wildman–Crippen MR) is 94.5 cm³/mol. The van der Waals surface area contributed by atoms with Gasteiger partial charge in [0.15, 0.2) is 5.82 Å². The highest BCUT2D eigenvalue weighted by atomic mass is 16.2. The van der Waals surface area contributed by atoms with Crippen LogP contribution in [0.4, 0.5) is 5.82 Å². The molecule has 0 bridgehead atoms. The molecule has 2 fully saturated rings. The number of carbonyl (C=O) groups is 1. The Morgan fingerprint density at radius 3 is 2.48 bits per heavy atom. The third-order valence-corrected chi connectivity index (χ3v) is 5.22. The normalized spacial score (nSPS) is 19.2. The van der Waals surface area contributed by atoms with E-state index in [0.29, 0.717) is 11.7 Å². The molecule has 1 amide bonds. The molecule has 1 saturated heterocycles. The number of rotatable bonds is 3. The molecule has 132 valence electrons. The highest BCUT2D eigenvalue weighted by Gasteiger charge is 2.28. The van der Waals surface area contributed by atoms with E-state index in [9.17, 15) is 4.79 Å². The number of amides is 1. The van der Waals surface area contributed by atoms with Crippen molar-refractivity contribution in [1.29, 1.82) is 0 Å². The van der Waals surface area contributed by atoms with Crippen molar-refractivity contribution < 1.29 is 4.79 Å². The van der Waals surface area contributed by atoms with Crippen LogP contribution in [0.3, 0.4) is 0 Å². The van der Waals surface area contributed by atoms with Gasteiger partial charge in [-0.05, 0) is 18.9 Å². The summed E-state index contributed by atoms with van der Waals surface area (Å²) in [5, 5.41) is 4.20. The number of hydrogen-bond acceptors (Lipinski definition) is 5. The van der Waals surface area contributed by atoms with Crippen molar-refractivity contribution in [2.75, 3.05) is 31.1 Å². The van der Waals surface area contributed by atoms with Crippen LogP contribution in [-0.4, -0.2) is 56.7 Å². The summed E-state index contributed by atoms with van der Waals surface area (Å²) in [6, 6.07) is 1.87. The number of nitrogens with zero attached hydrogens (tertiary/aromatic N) is 6. The van der Waals surface area contributed by atoms with E-state index < -0.39 is 0 Å². The second-order valence-corrected chi connectivity index (χ2v) is 6.83. The Labute approximate surface area is 147 Å². The quantitative estimate of drug-likeness (QED) is 0.853. The van der Waals surface area contributed by atoms with Crippen molar-refractivity contribution in [3.8, 4) is 5.82 Å². The molecule has 0 radical (unpaired) electrons. The van der Waals surface area contributed by atoms with Gasteiger partial charge >= 0.3 is 0 Å². The first-order chi connectivity index (χ1) is 12.3. The molecule has 3 heterocycles. The van der Waals surface area contributed by atoms with Crippen LogP contribution in [0.1, 0.15) is 32.1 Å². The lowest BCUT2D eigenvalue weighted by Gasteiger charge is -2.37. The zero-order valence-corrected chi connectivity index (χ0v) is 14.4. The Balaban J connectivity index is 1.38. The third-order valence-electron chi connectivity index (χ3n) is 5.22. The highest BCUT2D eigenvalue weighted by molar-refractivity contribution is 5.79. The van der Waals surface area contributed by atoms with Crippen LogP contribution >= 0.6 is 0 Å². The molecule has 1 saturated carbocycles. The maximum atomic E-state index is 12.7. The minimum atomic E-state index is 0.253. The molecule has 2 aromatic rings. The second-order valence-electron chi connectivity index (χ2n) is 6.83. The fourth-order valence-electron chi connectivity index (χ4n) is 3.78. The Kier molecular flexibility index (Phi) is 4.63. The van der Waals surface area contributed by atoms with Gasteiger partial charge in [-0.25, -0.2) is 9.67 Å². The van der Waals surface area contributed by atoms with E-state index in [4.69, 9.17) is 0 Å². The van der Waals surface area contributed by atoms with Crippen molar-refractivity contribution in [2.24, 2.45) is 5.92 Å². The molecule has 0 aromatic carbocycles. The first kappa shape index (κ1) is 16.1. The average molecular weight is 340 g/mol. The van der Waals surface area contributed by atoms with E-state index in [1.54, 1.807) is 23.3 Å². The molecule has 4 rings (SSSR count). The molecule has 2 aliphatic rings. The van der Waals surface area contributed by atoms with Gasteiger partial charge in [0.05, 0.1) is 12.4 Å². The van der Waals surface area contributed by atoms with Crippen LogP contribution in [0.25, 0.3) is 5.82 Å². The lowest BCUT2D eigenvalue weighted by atomic mass is 9.88. The van der Waals surface area contributed by atoms with Crippen LogP contribution in [0.5, 0.6) is 0 Å². The number of aromatic nitrogens is 4. The average Bonchev–Trinajstić information content (AvgIpc) is 3.23. The lowest BCUT2D eigenvalue weighted by molar-refractivity contribution is -0.136. The topological polar surface area (TPSA) is 67.2 Å². The zero-order chi connectivity index (χ0) is 17.1. The molecule has 0 spiro atoms. The first-order valence-electron chi connectivity index (χ1n) is 9.17. The second kappa shape index (κ2) is 7.21. The fraction of sp³-hybridized carbons (Fsp3) is 0.556. The van der Waals surface area contributed by atoms with Gasteiger partial charge in [-0.3, -0.25) is 9.78 Å². The molecular formula is C18H24N6O. The number of hydrogen-bond donors (Lipinski definition) is 0. The van der Waals surface area contributed by atoms with E-state index in [1.807, 2.05) is 17.2 Å². The molecule has 0 N–H and O–H groups in total. The van der Waals surface area contributed by atoms with Crippen LogP contribution in [0, 0.1) is 5.92 Å². The molecule has 2 aromatic heterocycles. The van der Waals surface area contributed by atoms with Gasteiger partial charge in [0.2, 0.25) is 5.91 Å². The summed E-state index contributed by atoms with van der Waals surface area (Å²) >= 11 is 0. The van der Waals surface area contributed by atoms with Gasteiger partial charge in [0.25, 0.3) is 0 Å². The fourth-order valence-corrected chi connectivity index (χ4v) is 3.78. The number of carbonyl (C=O) groups excluding carboxylic acids is 1. The van der Waals surface area contributed by atoms with Gasteiger partial charge in [-0.1, -0.05) is 19.3 Å². The lowest BCUT2D eigenvalue weighted by Crippen LogP contribution is -2.50. The van der Waals surface area contributed by atoms with E-state index in [2.05, 4.69) is 20.0 Å². The van der Waals surface area contributed by atoms with E-state index in [-0.39, 0.29) is 5.92 Å². The molecule has 7 heteroatoms. The molecule has 25 heavy (non-hydrogen) atoms. The first-order valence-corrected chi connectivity index (χ1v) is 9.17. The van der Waals surface area contributed by atoms with E-state index in [0.717, 1.165) is 44.8 Å². The Hall–Kier alpha value is -2.44. The summed E-state index contributed by atoms with van der Waals surface area (Å²) in [6.45, 7) is 3.14. The standard InChI is InChI=1S/C18H24N6O/c25-18(15-5-2-1-3-6-15)23-11-9-22(10-12-23)16-13-19-14-17(21-16)24-8-4-7-20-24/h4,7-8,13-15H,1-3,5-6,9-12H2. The van der Waals surface area contributed by atoms with Crippen molar-refractivity contribution in [3.63, 3.8) is 0 Å². The monoisotopic (exact) mass is 340 g/mol. The Morgan fingerprint density at radius 2 is 1.76 bits per heavy atom. The van der Waals surface area contributed by atoms with Crippen LogP contribution < -0.4 is 4.90 Å². The molecular weight excluding hydrogens is 316 g/mol. The minimum absolute atomic E-state index is 0.253. The molecule has 7 nitrogen and oxygen atoms in total. The summed E-state index contributed by atoms with van der Waals surface area (Å²) in [5.74, 6) is 2.17. The molecule has 0 atom stereocenters. The van der Waals surface area contributed by atoms with Gasteiger partial charge in [0.1, 0.15) is 5.82 Å². The van der Waals surface area contributed by atoms with Gasteiger partial charge in [-0.2, -0.15) is 5.10 Å². The third kappa shape index (κ3) is 3.50. The van der Waals surface area contributed by atoms with E-state index >= 15 is 0 Å². The maximum Gasteiger partial charge on any atom is 0.225 e. The maximum absolute atomic E-state index is 12.7. The Morgan fingerprint density at radius 1 is 1.00 bits per heavy atom. The molecule has 1 aliphatic carbocycles. The van der Waals surface area contributed by atoms with Crippen LogP contribution in [0.15, 0.2) is 30.9 Å². The van der Waals surface area contributed by atoms with Gasteiger partial charge in [0, 0.05) is 44.5 Å². The van der Waals surface area contributed by atoms with Crippen molar-refractivity contribution in [3.05, 3.63) is 30.9 Å². The van der Waals surface area contributed by atoms with Gasteiger partial charge < -0.3 is 9.80 Å². The smallest absolute Gasteiger partial charge is 0.225 e. The largest absolute Gasteiger partial charge is 0.352 e. The number of anilines is 1. The summed E-state index contributed by atoms with van der Waals surface area (Å²) < 4.78 is 1.71. The van der Waals surface area contributed by atoms with Crippen LogP contribution in [-0.2, 0) is 4.79 Å². The summed E-state index contributed by atoms with van der Waals surface area (Å²) in [5.41, 5.74) is 0. The summed E-state index contributed by atoms with van der Waals surface area (Å²) in [6.07, 6.45) is 12.9. The van der Waals surface area contributed by atoms with Gasteiger partial charge in [-0.15, -0.1) is 0 Å². The molecule has 0 unspecified atom stereocenters. The summed E-state index contributed by atoms with van der Waals surface area (Å²) in [7, 11) is 0. The van der Waals surface area contributed by atoms with Crippen molar-refractivity contribution in [1.82, 2.24) is 24.6 Å². The Bertz CT molecular complexity index is 702. The SMILES string of the molecule is O=C(C1CCCCC1)N1CCN(c2cncc(-n3cccn3)n2)CC1. The zero-order valence-electron chi connectivity index (χ0n) is 14.4. The number of piperazine rings is 1. The predicted octanol–water partition coefficient (Wildman–Crippen LogP) is 1.89. The van der Waals surface area contributed by atoms with Crippen molar-refractivity contribution >= 4 is 11.7 Å². The highest BCUT2D eigenvalue weighted by Crippen LogP contribution is 2.26. The summed E-state index contributed by atoms with van der Waals surface area (Å²) in [4.78, 5) is 25.9. The molecule has 1 aliphatic heterocycles. The van der Waals surface area contributed by atoms with Crippen molar-refractivity contribution in [2.45, 2.75) is 32.1 Å². The van der Waals surface area contributed by atoms with E-state index in [1.165, 1.54) is 19.3 Å². The minimum Gasteiger partial charge on any atom is -0.352 e. The van der Waals surface area contributed by atoms with Crippen LogP contribution in [0.2, 0.25) is 0 Å².